The van der Waals surface area contributed by atoms with Crippen LogP contribution in [-0.2, 0) is 12.8 Å². The highest BCUT2D eigenvalue weighted by Gasteiger charge is 2.36. The van der Waals surface area contributed by atoms with Crippen LogP contribution in [0.15, 0.2) is 22.8 Å². The van der Waals surface area contributed by atoms with Crippen LogP contribution in [0.2, 0.25) is 0 Å². The predicted molar refractivity (Wildman–Crippen MR) is 120 cm³/mol. The number of hydrogen-bond donors (Lipinski definition) is 1. The molecule has 6 heteroatoms. The molecule has 1 saturated heterocycles. The number of fused-ring (bicyclic) bond motifs is 1. The molecule has 1 aliphatic carbocycles. The highest BCUT2D eigenvalue weighted by molar-refractivity contribution is 7.17. The number of piperidine rings is 1. The molecule has 30 heavy (non-hydrogen) atoms. The molecule has 2 aromatic heterocycles. The van der Waals surface area contributed by atoms with E-state index in [9.17, 15) is 9.59 Å². The molecule has 2 aromatic rings. The first-order valence-electron chi connectivity index (χ1n) is 11.1. The minimum Gasteiger partial charge on any atom is -0.459 e. The Labute approximate surface area is 182 Å². The summed E-state index contributed by atoms with van der Waals surface area (Å²) in [5, 5.41) is 3.68. The summed E-state index contributed by atoms with van der Waals surface area (Å²) in [4.78, 5) is 29.6. The van der Waals surface area contributed by atoms with Crippen LogP contribution in [0.1, 0.15) is 84.7 Å². The Kier molecular flexibility index (Phi) is 5.80. The van der Waals surface area contributed by atoms with Gasteiger partial charge in [0.05, 0.1) is 11.8 Å². The lowest BCUT2D eigenvalue weighted by Gasteiger charge is -2.35. The third kappa shape index (κ3) is 4.07. The summed E-state index contributed by atoms with van der Waals surface area (Å²) in [6.07, 6.45) is 7.69. The van der Waals surface area contributed by atoms with Crippen molar-refractivity contribution in [1.82, 2.24) is 4.90 Å². The molecular formula is C24H32N2O3S. The Bertz CT molecular complexity index is 923. The minimum absolute atomic E-state index is 0.0728. The Morgan fingerprint density at radius 1 is 1.23 bits per heavy atom. The SMILES string of the molecule is CC1CCCCN1C(=O)c1c(NC(=O)c2ccco2)sc2c1CCC(C(C)(C)C)C2. The van der Waals surface area contributed by atoms with Crippen molar-refractivity contribution in [3.63, 3.8) is 0 Å². The molecule has 0 radical (unpaired) electrons. The van der Waals surface area contributed by atoms with Crippen LogP contribution in [0.25, 0.3) is 0 Å². The number of nitrogens with zero attached hydrogens (tertiary/aromatic N) is 1. The van der Waals surface area contributed by atoms with Crippen molar-refractivity contribution in [2.24, 2.45) is 11.3 Å². The fraction of sp³-hybridized carbons (Fsp3) is 0.583. The first-order chi connectivity index (χ1) is 14.3. The molecule has 0 spiro atoms. The number of carbonyl (C=O) groups excluding carboxylic acids is 2. The molecule has 5 nitrogen and oxygen atoms in total. The zero-order valence-electron chi connectivity index (χ0n) is 18.4. The van der Waals surface area contributed by atoms with Gasteiger partial charge in [0.2, 0.25) is 0 Å². The summed E-state index contributed by atoms with van der Waals surface area (Å²) in [6, 6.07) is 3.58. The minimum atomic E-state index is -0.299. The van der Waals surface area contributed by atoms with Crippen molar-refractivity contribution in [3.05, 3.63) is 40.2 Å². The van der Waals surface area contributed by atoms with Crippen LogP contribution in [0.3, 0.4) is 0 Å². The number of furan rings is 1. The number of likely N-dealkylation sites (tertiary alicyclic amines) is 1. The highest BCUT2D eigenvalue weighted by Crippen LogP contribution is 2.45. The lowest BCUT2D eigenvalue weighted by atomic mass is 9.72. The van der Waals surface area contributed by atoms with E-state index in [1.807, 2.05) is 4.90 Å². The van der Waals surface area contributed by atoms with Crippen molar-refractivity contribution in [2.75, 3.05) is 11.9 Å². The van der Waals surface area contributed by atoms with Crippen molar-refractivity contribution < 1.29 is 14.0 Å². The van der Waals surface area contributed by atoms with Gasteiger partial charge in [-0.2, -0.15) is 0 Å². The summed E-state index contributed by atoms with van der Waals surface area (Å²) in [5.41, 5.74) is 2.10. The maximum Gasteiger partial charge on any atom is 0.291 e. The topological polar surface area (TPSA) is 62.6 Å². The largest absolute Gasteiger partial charge is 0.459 e. The van der Waals surface area contributed by atoms with Gasteiger partial charge < -0.3 is 14.6 Å². The third-order valence-electron chi connectivity index (χ3n) is 6.74. The standard InChI is InChI=1S/C24H32N2O3S/c1-15-8-5-6-12-26(15)23(28)20-17-11-10-16(24(2,3)4)14-19(17)30-22(20)25-21(27)18-9-7-13-29-18/h7,9,13,15-16H,5-6,8,10-12,14H2,1-4H3,(H,25,27). The molecule has 2 unspecified atom stereocenters. The van der Waals surface area contributed by atoms with E-state index in [0.29, 0.717) is 10.9 Å². The van der Waals surface area contributed by atoms with E-state index in [1.165, 1.54) is 17.6 Å². The molecule has 0 aromatic carbocycles. The number of amides is 2. The summed E-state index contributed by atoms with van der Waals surface area (Å²) in [6.45, 7) is 9.79. The second-order valence-corrected chi connectivity index (χ2v) is 10.9. The predicted octanol–water partition coefficient (Wildman–Crippen LogP) is 5.76. The second kappa shape index (κ2) is 8.22. The lowest BCUT2D eigenvalue weighted by Crippen LogP contribution is -2.42. The van der Waals surface area contributed by atoms with Gasteiger partial charge in [-0.1, -0.05) is 20.8 Å². The molecule has 1 fully saturated rings. The molecule has 0 saturated carbocycles. The van der Waals surface area contributed by atoms with E-state index in [1.54, 1.807) is 23.5 Å². The van der Waals surface area contributed by atoms with Crippen LogP contribution in [0.5, 0.6) is 0 Å². The first-order valence-corrected chi connectivity index (χ1v) is 11.9. The summed E-state index contributed by atoms with van der Waals surface area (Å²) >= 11 is 1.58. The third-order valence-corrected chi connectivity index (χ3v) is 7.91. The molecule has 1 N–H and O–H groups in total. The van der Waals surface area contributed by atoms with E-state index < -0.39 is 0 Å². The van der Waals surface area contributed by atoms with E-state index in [-0.39, 0.29) is 29.0 Å². The maximum atomic E-state index is 13.7. The Morgan fingerprint density at radius 2 is 2.03 bits per heavy atom. The van der Waals surface area contributed by atoms with Crippen molar-refractivity contribution in [1.29, 1.82) is 0 Å². The van der Waals surface area contributed by atoms with Crippen molar-refractivity contribution in [3.8, 4) is 0 Å². The first kappa shape index (κ1) is 21.2. The number of nitrogens with one attached hydrogen (secondary N) is 1. The zero-order valence-corrected chi connectivity index (χ0v) is 19.2. The number of carbonyl (C=O) groups is 2. The summed E-state index contributed by atoms with van der Waals surface area (Å²) in [5.74, 6) is 0.614. The number of hydrogen-bond acceptors (Lipinski definition) is 4. The lowest BCUT2D eigenvalue weighted by molar-refractivity contribution is 0.0635. The molecule has 162 valence electrons. The average Bonchev–Trinajstić information content (AvgIpc) is 3.34. The second-order valence-electron chi connectivity index (χ2n) is 9.79. The van der Waals surface area contributed by atoms with Crippen LogP contribution in [-0.4, -0.2) is 29.3 Å². The summed E-state index contributed by atoms with van der Waals surface area (Å²) < 4.78 is 5.26. The van der Waals surface area contributed by atoms with E-state index in [0.717, 1.165) is 49.8 Å². The van der Waals surface area contributed by atoms with Gasteiger partial charge in [-0.3, -0.25) is 9.59 Å². The van der Waals surface area contributed by atoms with Gasteiger partial charge in [0.1, 0.15) is 5.00 Å². The van der Waals surface area contributed by atoms with Crippen LogP contribution in [0, 0.1) is 11.3 Å². The maximum absolute atomic E-state index is 13.7. The van der Waals surface area contributed by atoms with Crippen LogP contribution >= 0.6 is 11.3 Å². The molecule has 4 rings (SSSR count). The van der Waals surface area contributed by atoms with E-state index in [2.05, 4.69) is 33.0 Å². The van der Waals surface area contributed by atoms with E-state index in [4.69, 9.17) is 4.42 Å². The Balaban J connectivity index is 1.70. The molecule has 2 amide bonds. The average molecular weight is 429 g/mol. The van der Waals surface area contributed by atoms with Crippen LogP contribution < -0.4 is 5.32 Å². The Hall–Kier alpha value is -2.08. The summed E-state index contributed by atoms with van der Waals surface area (Å²) in [7, 11) is 0. The molecule has 1 aliphatic heterocycles. The number of anilines is 1. The van der Waals surface area contributed by atoms with Crippen molar-refractivity contribution >= 4 is 28.2 Å². The van der Waals surface area contributed by atoms with Gasteiger partial charge in [-0.15, -0.1) is 11.3 Å². The van der Waals surface area contributed by atoms with Crippen molar-refractivity contribution in [2.45, 2.75) is 72.3 Å². The van der Waals surface area contributed by atoms with Gasteiger partial charge >= 0.3 is 0 Å². The zero-order chi connectivity index (χ0) is 21.5. The van der Waals surface area contributed by atoms with E-state index >= 15 is 0 Å². The van der Waals surface area contributed by atoms with Gasteiger partial charge in [0.25, 0.3) is 11.8 Å². The number of thiophene rings is 1. The van der Waals surface area contributed by atoms with Crippen LogP contribution in [0.4, 0.5) is 5.00 Å². The van der Waals surface area contributed by atoms with Gasteiger partial charge in [-0.05, 0) is 74.5 Å². The molecule has 3 heterocycles. The highest BCUT2D eigenvalue weighted by atomic mass is 32.1. The number of rotatable bonds is 3. The van der Waals surface area contributed by atoms with Gasteiger partial charge in [0.15, 0.2) is 5.76 Å². The molecule has 0 bridgehead atoms. The normalized spacial score (nSPS) is 21.9. The fourth-order valence-corrected chi connectivity index (χ4v) is 6.07. The quantitative estimate of drug-likeness (QED) is 0.676. The fourth-order valence-electron chi connectivity index (χ4n) is 4.76. The Morgan fingerprint density at radius 3 is 2.70 bits per heavy atom. The molecule has 2 aliphatic rings. The molecule has 2 atom stereocenters. The monoisotopic (exact) mass is 428 g/mol. The molecular weight excluding hydrogens is 396 g/mol. The smallest absolute Gasteiger partial charge is 0.291 e. The van der Waals surface area contributed by atoms with Gasteiger partial charge in [-0.25, -0.2) is 0 Å². The van der Waals surface area contributed by atoms with Gasteiger partial charge in [0, 0.05) is 17.5 Å².